The van der Waals surface area contributed by atoms with E-state index in [-0.39, 0.29) is 11.8 Å². The maximum Gasteiger partial charge on any atom is 0.272 e. The van der Waals surface area contributed by atoms with E-state index in [1.165, 1.54) is 17.4 Å². The third kappa shape index (κ3) is 4.86. The molecule has 0 radical (unpaired) electrons. The summed E-state index contributed by atoms with van der Waals surface area (Å²) < 4.78 is 4.92. The fourth-order valence-corrected chi connectivity index (χ4v) is 3.21. The minimum Gasteiger partial charge on any atom is -0.383 e. The molecule has 2 aromatic rings. The molecule has 1 aromatic heterocycles. The van der Waals surface area contributed by atoms with E-state index in [0.29, 0.717) is 37.5 Å². The third-order valence-electron chi connectivity index (χ3n) is 4.77. The molecule has 28 heavy (non-hydrogen) atoms. The van der Waals surface area contributed by atoms with Crippen LogP contribution in [0, 0.1) is 6.92 Å². The molecule has 7 heteroatoms. The van der Waals surface area contributed by atoms with Crippen LogP contribution in [-0.2, 0) is 4.74 Å². The first-order chi connectivity index (χ1) is 13.6. The lowest BCUT2D eigenvalue weighted by atomic mass is 10.1. The number of piperazine rings is 1. The van der Waals surface area contributed by atoms with Crippen LogP contribution in [0.5, 0.6) is 0 Å². The van der Waals surface area contributed by atoms with Gasteiger partial charge in [-0.1, -0.05) is 12.1 Å². The molecule has 2 amide bonds. The normalized spacial score (nSPS) is 14.1. The predicted octanol–water partition coefficient (Wildman–Crippen LogP) is 1.73. The van der Waals surface area contributed by atoms with Crippen molar-refractivity contribution in [3.63, 3.8) is 0 Å². The van der Waals surface area contributed by atoms with Crippen LogP contribution in [0.25, 0.3) is 0 Å². The minimum atomic E-state index is -0.238. The highest BCUT2D eigenvalue weighted by Gasteiger charge is 2.23. The lowest BCUT2D eigenvalue weighted by molar-refractivity contribution is 0.0741. The highest BCUT2D eigenvalue weighted by atomic mass is 16.5. The van der Waals surface area contributed by atoms with E-state index in [0.717, 1.165) is 13.1 Å². The van der Waals surface area contributed by atoms with Crippen LogP contribution in [0.15, 0.2) is 42.6 Å². The number of benzene rings is 1. The molecule has 0 atom stereocenters. The van der Waals surface area contributed by atoms with Gasteiger partial charge in [0.15, 0.2) is 0 Å². The van der Waals surface area contributed by atoms with Crippen molar-refractivity contribution < 1.29 is 14.3 Å². The topological polar surface area (TPSA) is 74.8 Å². The fourth-order valence-electron chi connectivity index (χ4n) is 3.21. The van der Waals surface area contributed by atoms with Crippen molar-refractivity contribution in [1.29, 1.82) is 0 Å². The maximum atomic E-state index is 12.8. The zero-order valence-electron chi connectivity index (χ0n) is 16.4. The molecule has 2 heterocycles. The number of carbonyl (C=O) groups is 2. The van der Waals surface area contributed by atoms with Gasteiger partial charge in [-0.25, -0.2) is 0 Å². The summed E-state index contributed by atoms with van der Waals surface area (Å²) in [5.74, 6) is -0.381. The molecule has 0 aliphatic carbocycles. The first-order valence-electron chi connectivity index (χ1n) is 9.42. The summed E-state index contributed by atoms with van der Waals surface area (Å²) >= 11 is 0. The van der Waals surface area contributed by atoms with E-state index in [2.05, 4.69) is 46.4 Å². The van der Waals surface area contributed by atoms with E-state index in [1.54, 1.807) is 24.1 Å². The number of ether oxygens (including phenoxy) is 1. The van der Waals surface area contributed by atoms with Crippen molar-refractivity contribution in [1.82, 2.24) is 15.2 Å². The first kappa shape index (κ1) is 19.8. The highest BCUT2D eigenvalue weighted by Crippen LogP contribution is 2.18. The zero-order chi connectivity index (χ0) is 19.9. The first-order valence-corrected chi connectivity index (χ1v) is 9.42. The molecule has 1 saturated heterocycles. The molecular weight excluding hydrogens is 356 g/mol. The van der Waals surface area contributed by atoms with Crippen molar-refractivity contribution in [2.75, 3.05) is 51.3 Å². The van der Waals surface area contributed by atoms with Gasteiger partial charge >= 0.3 is 0 Å². The Bertz CT molecular complexity index is 832. The Hall–Kier alpha value is -2.93. The third-order valence-corrected chi connectivity index (χ3v) is 4.77. The molecule has 1 aromatic carbocycles. The Morgan fingerprint density at radius 1 is 1.14 bits per heavy atom. The standard InChI is InChI=1S/C21H26N4O3/c1-16-4-3-5-18(14-16)24-9-11-25(12-10-24)21(27)19-15-17(6-7-22-19)20(26)23-8-13-28-2/h3-7,14-15H,8-13H2,1-2H3,(H,23,26). The van der Waals surface area contributed by atoms with Crippen molar-refractivity contribution in [3.8, 4) is 0 Å². The Kier molecular flexibility index (Phi) is 6.60. The van der Waals surface area contributed by atoms with Gasteiger partial charge in [0.25, 0.3) is 11.8 Å². The number of pyridine rings is 1. The van der Waals surface area contributed by atoms with E-state index >= 15 is 0 Å². The van der Waals surface area contributed by atoms with Gasteiger partial charge < -0.3 is 19.9 Å². The number of hydrogen-bond donors (Lipinski definition) is 1. The number of aryl methyl sites for hydroxylation is 1. The van der Waals surface area contributed by atoms with Gasteiger partial charge in [-0.3, -0.25) is 14.6 Å². The number of hydrogen-bond acceptors (Lipinski definition) is 5. The Balaban J connectivity index is 1.60. The van der Waals surface area contributed by atoms with Crippen LogP contribution in [-0.4, -0.2) is 68.1 Å². The molecule has 0 spiro atoms. The SMILES string of the molecule is COCCNC(=O)c1ccnc(C(=O)N2CCN(c3cccc(C)c3)CC2)c1. The lowest BCUT2D eigenvalue weighted by Crippen LogP contribution is -2.49. The van der Waals surface area contributed by atoms with E-state index in [9.17, 15) is 9.59 Å². The van der Waals surface area contributed by atoms with Crippen LogP contribution in [0.3, 0.4) is 0 Å². The summed E-state index contributed by atoms with van der Waals surface area (Å²) in [5.41, 5.74) is 3.12. The minimum absolute atomic E-state index is 0.143. The van der Waals surface area contributed by atoms with E-state index in [1.807, 2.05) is 0 Å². The molecule has 0 unspecified atom stereocenters. The van der Waals surface area contributed by atoms with Crippen LogP contribution >= 0.6 is 0 Å². The monoisotopic (exact) mass is 382 g/mol. The molecule has 1 N–H and O–H groups in total. The molecule has 1 aliphatic rings. The zero-order valence-corrected chi connectivity index (χ0v) is 16.4. The van der Waals surface area contributed by atoms with Gasteiger partial charge in [0.2, 0.25) is 0 Å². The van der Waals surface area contributed by atoms with Gasteiger partial charge in [-0.05, 0) is 36.8 Å². The van der Waals surface area contributed by atoms with Gasteiger partial charge in [0.1, 0.15) is 5.69 Å². The van der Waals surface area contributed by atoms with Crippen LogP contribution in [0.4, 0.5) is 5.69 Å². The van der Waals surface area contributed by atoms with Crippen LogP contribution < -0.4 is 10.2 Å². The van der Waals surface area contributed by atoms with Gasteiger partial charge in [0.05, 0.1) is 6.61 Å². The fraction of sp³-hybridized carbons (Fsp3) is 0.381. The van der Waals surface area contributed by atoms with E-state index in [4.69, 9.17) is 4.74 Å². The molecular formula is C21H26N4O3. The largest absolute Gasteiger partial charge is 0.383 e. The smallest absolute Gasteiger partial charge is 0.272 e. The molecule has 3 rings (SSSR count). The average Bonchev–Trinajstić information content (AvgIpc) is 2.73. The Morgan fingerprint density at radius 2 is 1.93 bits per heavy atom. The summed E-state index contributed by atoms with van der Waals surface area (Å²) in [4.78, 5) is 33.2. The number of anilines is 1. The van der Waals surface area contributed by atoms with Gasteiger partial charge in [0, 0.05) is 57.3 Å². The predicted molar refractivity (Wildman–Crippen MR) is 108 cm³/mol. The summed E-state index contributed by atoms with van der Waals surface area (Å²) in [6.45, 7) is 5.72. The van der Waals surface area contributed by atoms with Gasteiger partial charge in [-0.2, -0.15) is 0 Å². The second-order valence-corrected chi connectivity index (χ2v) is 6.80. The molecule has 7 nitrogen and oxygen atoms in total. The van der Waals surface area contributed by atoms with Gasteiger partial charge in [-0.15, -0.1) is 0 Å². The number of carbonyl (C=O) groups excluding carboxylic acids is 2. The van der Waals surface area contributed by atoms with Crippen molar-refractivity contribution in [2.45, 2.75) is 6.92 Å². The average molecular weight is 382 g/mol. The van der Waals surface area contributed by atoms with Crippen LogP contribution in [0.2, 0.25) is 0 Å². The molecule has 1 aliphatic heterocycles. The number of aromatic nitrogens is 1. The molecule has 1 fully saturated rings. The quantitative estimate of drug-likeness (QED) is 0.770. The highest BCUT2D eigenvalue weighted by molar-refractivity contribution is 5.98. The second-order valence-electron chi connectivity index (χ2n) is 6.80. The number of nitrogens with zero attached hydrogens (tertiary/aromatic N) is 3. The maximum absolute atomic E-state index is 12.8. The van der Waals surface area contributed by atoms with Crippen molar-refractivity contribution >= 4 is 17.5 Å². The summed E-state index contributed by atoms with van der Waals surface area (Å²) in [5, 5.41) is 2.75. The molecule has 0 bridgehead atoms. The van der Waals surface area contributed by atoms with Crippen LogP contribution in [0.1, 0.15) is 26.4 Å². The van der Waals surface area contributed by atoms with E-state index < -0.39 is 0 Å². The van der Waals surface area contributed by atoms with Crippen molar-refractivity contribution in [3.05, 3.63) is 59.4 Å². The summed E-state index contributed by atoms with van der Waals surface area (Å²) in [6.07, 6.45) is 1.50. The number of amides is 2. The summed E-state index contributed by atoms with van der Waals surface area (Å²) in [7, 11) is 1.58. The number of methoxy groups -OCH3 is 1. The lowest BCUT2D eigenvalue weighted by Gasteiger charge is -2.36. The second kappa shape index (κ2) is 9.32. The number of rotatable bonds is 6. The summed E-state index contributed by atoms with van der Waals surface area (Å²) in [6, 6.07) is 11.5. The number of nitrogens with one attached hydrogen (secondary N) is 1. The van der Waals surface area contributed by atoms with Crippen molar-refractivity contribution in [2.24, 2.45) is 0 Å². The Morgan fingerprint density at radius 3 is 2.64 bits per heavy atom. The molecule has 0 saturated carbocycles. The Labute approximate surface area is 165 Å². The molecule has 148 valence electrons.